The predicted molar refractivity (Wildman–Crippen MR) is 72.2 cm³/mol. The standard InChI is InChI=1S/C15H15F3N2O/c1-9-4-5-10(2)12(8-9)14(21)11(3)20-7-6-13(19-20)15(16,17)18/h4-8,11H,1-3H3. The number of hydrogen-bond acceptors (Lipinski definition) is 2. The van der Waals surface area contributed by atoms with E-state index in [9.17, 15) is 18.0 Å². The van der Waals surface area contributed by atoms with E-state index in [4.69, 9.17) is 0 Å². The number of alkyl halides is 3. The molecule has 0 N–H and O–H groups in total. The molecule has 112 valence electrons. The van der Waals surface area contributed by atoms with Gasteiger partial charge in [0.15, 0.2) is 11.5 Å². The number of ketones is 1. The Morgan fingerprint density at radius 2 is 1.90 bits per heavy atom. The van der Waals surface area contributed by atoms with Crippen molar-refractivity contribution < 1.29 is 18.0 Å². The van der Waals surface area contributed by atoms with Crippen molar-refractivity contribution in [3.05, 3.63) is 52.8 Å². The van der Waals surface area contributed by atoms with Gasteiger partial charge in [-0.05, 0) is 38.5 Å². The first-order valence-corrected chi connectivity index (χ1v) is 6.44. The molecular formula is C15H15F3N2O. The molecule has 2 aromatic rings. The third-order valence-electron chi connectivity index (χ3n) is 3.33. The minimum atomic E-state index is -4.51. The Morgan fingerprint density at radius 1 is 1.24 bits per heavy atom. The minimum absolute atomic E-state index is 0.256. The van der Waals surface area contributed by atoms with Gasteiger partial charge in [-0.2, -0.15) is 18.3 Å². The Bertz CT molecular complexity index is 674. The van der Waals surface area contributed by atoms with Crippen molar-refractivity contribution in [1.82, 2.24) is 9.78 Å². The van der Waals surface area contributed by atoms with Crippen LogP contribution in [0, 0.1) is 13.8 Å². The highest BCUT2D eigenvalue weighted by atomic mass is 19.4. The van der Waals surface area contributed by atoms with Crippen LogP contribution in [0.25, 0.3) is 0 Å². The van der Waals surface area contributed by atoms with E-state index < -0.39 is 17.9 Å². The van der Waals surface area contributed by atoms with Crippen LogP contribution >= 0.6 is 0 Å². The van der Waals surface area contributed by atoms with Gasteiger partial charge in [-0.1, -0.05) is 17.7 Å². The average molecular weight is 296 g/mol. The topological polar surface area (TPSA) is 34.9 Å². The molecule has 0 fully saturated rings. The van der Waals surface area contributed by atoms with Crippen LogP contribution in [0.15, 0.2) is 30.5 Å². The molecule has 0 aliphatic carbocycles. The predicted octanol–water partition coefficient (Wildman–Crippen LogP) is 3.96. The van der Waals surface area contributed by atoms with E-state index in [1.165, 1.54) is 13.1 Å². The fourth-order valence-corrected chi connectivity index (χ4v) is 2.05. The number of nitrogens with zero attached hydrogens (tertiary/aromatic N) is 2. The fourth-order valence-electron chi connectivity index (χ4n) is 2.05. The number of hydrogen-bond donors (Lipinski definition) is 0. The van der Waals surface area contributed by atoms with Crippen LogP contribution in [0.4, 0.5) is 13.2 Å². The van der Waals surface area contributed by atoms with Crippen molar-refractivity contribution in [2.24, 2.45) is 0 Å². The van der Waals surface area contributed by atoms with Crippen LogP contribution in [0.3, 0.4) is 0 Å². The number of aryl methyl sites for hydroxylation is 2. The second-order valence-electron chi connectivity index (χ2n) is 5.04. The largest absolute Gasteiger partial charge is 0.435 e. The Hall–Kier alpha value is -2.11. The van der Waals surface area contributed by atoms with Crippen molar-refractivity contribution in [3.63, 3.8) is 0 Å². The van der Waals surface area contributed by atoms with Gasteiger partial charge in [-0.15, -0.1) is 0 Å². The Labute approximate surface area is 120 Å². The highest BCUT2D eigenvalue weighted by molar-refractivity contribution is 6.00. The molecule has 0 saturated carbocycles. The van der Waals surface area contributed by atoms with Gasteiger partial charge in [0.2, 0.25) is 0 Å². The third-order valence-corrected chi connectivity index (χ3v) is 3.33. The maximum atomic E-state index is 12.5. The van der Waals surface area contributed by atoms with E-state index in [2.05, 4.69) is 5.10 Å². The maximum Gasteiger partial charge on any atom is 0.435 e. The van der Waals surface area contributed by atoms with Crippen molar-refractivity contribution >= 4 is 5.78 Å². The van der Waals surface area contributed by atoms with Gasteiger partial charge in [0, 0.05) is 11.8 Å². The maximum absolute atomic E-state index is 12.5. The summed E-state index contributed by atoms with van der Waals surface area (Å²) in [6.07, 6.45) is -3.33. The van der Waals surface area contributed by atoms with Crippen LogP contribution in [0.5, 0.6) is 0 Å². The lowest BCUT2D eigenvalue weighted by atomic mass is 9.98. The summed E-state index contributed by atoms with van der Waals surface area (Å²) in [5.74, 6) is -0.256. The molecule has 0 saturated heterocycles. The number of Topliss-reactive ketones (excluding diaryl/α,β-unsaturated/α-hetero) is 1. The van der Waals surface area contributed by atoms with E-state index in [1.807, 2.05) is 19.1 Å². The summed E-state index contributed by atoms with van der Waals surface area (Å²) in [4.78, 5) is 12.4. The first-order chi connectivity index (χ1) is 9.70. The summed E-state index contributed by atoms with van der Waals surface area (Å²) >= 11 is 0. The second kappa shape index (κ2) is 5.35. The van der Waals surface area contributed by atoms with Crippen molar-refractivity contribution in [1.29, 1.82) is 0 Å². The lowest BCUT2D eigenvalue weighted by Gasteiger charge is -2.13. The highest BCUT2D eigenvalue weighted by Gasteiger charge is 2.34. The average Bonchev–Trinajstić information content (AvgIpc) is 2.89. The molecule has 0 spiro atoms. The summed E-state index contributed by atoms with van der Waals surface area (Å²) in [5, 5.41) is 3.45. The SMILES string of the molecule is Cc1ccc(C)c(C(=O)C(C)n2ccc(C(F)(F)F)n2)c1. The van der Waals surface area contributed by atoms with Crippen LogP contribution in [-0.2, 0) is 6.18 Å². The summed E-state index contributed by atoms with van der Waals surface area (Å²) in [5.41, 5.74) is 1.22. The van der Waals surface area contributed by atoms with Gasteiger partial charge in [0.25, 0.3) is 0 Å². The van der Waals surface area contributed by atoms with Crippen LogP contribution < -0.4 is 0 Å². The normalized spacial score (nSPS) is 13.2. The molecule has 1 aromatic carbocycles. The summed E-state index contributed by atoms with van der Waals surface area (Å²) in [6, 6.07) is 5.52. The van der Waals surface area contributed by atoms with Gasteiger partial charge >= 0.3 is 6.18 Å². The molecular weight excluding hydrogens is 281 g/mol. The lowest BCUT2D eigenvalue weighted by molar-refractivity contribution is -0.141. The van der Waals surface area contributed by atoms with Gasteiger partial charge in [0.1, 0.15) is 6.04 Å². The van der Waals surface area contributed by atoms with E-state index in [-0.39, 0.29) is 5.78 Å². The van der Waals surface area contributed by atoms with Gasteiger partial charge < -0.3 is 0 Å². The molecule has 2 rings (SSSR count). The summed E-state index contributed by atoms with van der Waals surface area (Å²) in [7, 11) is 0. The molecule has 3 nitrogen and oxygen atoms in total. The number of carbonyl (C=O) groups excluding carboxylic acids is 1. The molecule has 0 radical (unpaired) electrons. The monoisotopic (exact) mass is 296 g/mol. The zero-order chi connectivity index (χ0) is 15.8. The smallest absolute Gasteiger partial charge is 0.292 e. The lowest BCUT2D eigenvalue weighted by Crippen LogP contribution is -2.19. The minimum Gasteiger partial charge on any atom is -0.292 e. The van der Waals surface area contributed by atoms with Gasteiger partial charge in [-0.3, -0.25) is 9.48 Å². The summed E-state index contributed by atoms with van der Waals surface area (Å²) in [6.45, 7) is 5.19. The fraction of sp³-hybridized carbons (Fsp3) is 0.333. The molecule has 0 aliphatic heterocycles. The molecule has 21 heavy (non-hydrogen) atoms. The quantitative estimate of drug-likeness (QED) is 0.803. The van der Waals surface area contributed by atoms with E-state index in [1.54, 1.807) is 13.0 Å². The highest BCUT2D eigenvalue weighted by Crippen LogP contribution is 2.28. The van der Waals surface area contributed by atoms with Crippen LogP contribution in [0.2, 0.25) is 0 Å². The zero-order valence-corrected chi connectivity index (χ0v) is 11.9. The third kappa shape index (κ3) is 3.15. The Morgan fingerprint density at radius 3 is 2.48 bits per heavy atom. The molecule has 1 unspecified atom stereocenters. The molecule has 1 heterocycles. The summed E-state index contributed by atoms with van der Waals surface area (Å²) < 4.78 is 38.7. The molecule has 1 aromatic heterocycles. The van der Waals surface area contributed by atoms with Crippen LogP contribution in [-0.4, -0.2) is 15.6 Å². The molecule has 0 aliphatic rings. The zero-order valence-electron chi connectivity index (χ0n) is 11.9. The number of aromatic nitrogens is 2. The van der Waals surface area contributed by atoms with E-state index in [0.29, 0.717) is 5.56 Å². The molecule has 1 atom stereocenters. The molecule has 0 bridgehead atoms. The van der Waals surface area contributed by atoms with E-state index in [0.717, 1.165) is 21.9 Å². The Kier molecular flexibility index (Phi) is 3.89. The first-order valence-electron chi connectivity index (χ1n) is 6.44. The molecule has 6 heteroatoms. The number of rotatable bonds is 3. The van der Waals surface area contributed by atoms with Crippen molar-refractivity contribution in [2.45, 2.75) is 33.0 Å². The number of halogens is 3. The molecule has 0 amide bonds. The first kappa shape index (κ1) is 15.3. The van der Waals surface area contributed by atoms with Crippen molar-refractivity contribution in [2.75, 3.05) is 0 Å². The van der Waals surface area contributed by atoms with Crippen LogP contribution in [0.1, 0.15) is 40.1 Å². The second-order valence-corrected chi connectivity index (χ2v) is 5.04. The number of carbonyl (C=O) groups is 1. The van der Waals surface area contributed by atoms with Crippen molar-refractivity contribution in [3.8, 4) is 0 Å². The van der Waals surface area contributed by atoms with Gasteiger partial charge in [0.05, 0.1) is 0 Å². The van der Waals surface area contributed by atoms with E-state index >= 15 is 0 Å². The Balaban J connectivity index is 2.31. The van der Waals surface area contributed by atoms with Gasteiger partial charge in [-0.25, -0.2) is 0 Å². The number of benzene rings is 1.